The lowest BCUT2D eigenvalue weighted by molar-refractivity contribution is 0.0526. The van der Waals surface area contributed by atoms with Crippen molar-refractivity contribution in [3.63, 3.8) is 0 Å². The number of carbonyl (C=O) groups excluding carboxylic acids is 1. The number of benzene rings is 2. The second-order valence-electron chi connectivity index (χ2n) is 5.40. The van der Waals surface area contributed by atoms with Gasteiger partial charge in [-0.25, -0.2) is 13.2 Å². The largest absolute Gasteiger partial charge is 0.462 e. The summed E-state index contributed by atoms with van der Waals surface area (Å²) in [6, 6.07) is 6.89. The molecule has 28 heavy (non-hydrogen) atoms. The molecule has 0 bridgehead atoms. The van der Waals surface area contributed by atoms with E-state index in [-0.39, 0.29) is 43.5 Å². The van der Waals surface area contributed by atoms with E-state index in [4.69, 9.17) is 32.1 Å². The zero-order chi connectivity index (χ0) is 21.1. The molecule has 0 saturated heterocycles. The minimum absolute atomic E-state index is 0.0104. The standard InChI is InChI=1S/C17H16Cl2O7S2/c1-3-25-17(20)11-9-14(18)16(15(19)10-11)26-28(23,24)13-7-5-12(6-8-13)27(21,22)4-2/h5-10H,3-4H2,1-2H3. The highest BCUT2D eigenvalue weighted by Crippen LogP contribution is 2.36. The first-order valence-corrected chi connectivity index (χ1v) is 11.8. The summed E-state index contributed by atoms with van der Waals surface area (Å²) in [5.74, 6) is -1.15. The third kappa shape index (κ3) is 4.96. The maximum absolute atomic E-state index is 12.5. The van der Waals surface area contributed by atoms with Gasteiger partial charge < -0.3 is 8.92 Å². The maximum atomic E-state index is 12.5. The van der Waals surface area contributed by atoms with Crippen LogP contribution in [0.15, 0.2) is 46.2 Å². The topological polar surface area (TPSA) is 104 Å². The normalized spacial score (nSPS) is 11.9. The Labute approximate surface area is 173 Å². The van der Waals surface area contributed by atoms with Crippen LogP contribution in [0.2, 0.25) is 10.0 Å². The van der Waals surface area contributed by atoms with Crippen LogP contribution in [0.4, 0.5) is 0 Å². The molecule has 2 rings (SSSR count). The number of halogens is 2. The van der Waals surface area contributed by atoms with Crippen molar-refractivity contribution in [2.45, 2.75) is 23.6 Å². The Morgan fingerprint density at radius 1 is 0.929 bits per heavy atom. The number of sulfone groups is 1. The van der Waals surface area contributed by atoms with Gasteiger partial charge in [-0.1, -0.05) is 30.1 Å². The van der Waals surface area contributed by atoms with Gasteiger partial charge in [0.15, 0.2) is 15.6 Å². The Hall–Kier alpha value is -1.81. The van der Waals surface area contributed by atoms with E-state index in [1.807, 2.05) is 0 Å². The van der Waals surface area contributed by atoms with E-state index in [2.05, 4.69) is 0 Å². The third-order valence-corrected chi connectivity index (χ3v) is 7.10. The molecule has 0 unspecified atom stereocenters. The summed E-state index contributed by atoms with van der Waals surface area (Å²) >= 11 is 12.0. The fraction of sp³-hybridized carbons (Fsp3) is 0.235. The van der Waals surface area contributed by atoms with Crippen molar-refractivity contribution in [3.05, 3.63) is 52.0 Å². The Morgan fingerprint density at radius 2 is 1.43 bits per heavy atom. The fourth-order valence-electron chi connectivity index (χ4n) is 2.11. The molecular formula is C17H16Cl2O7S2. The Balaban J connectivity index is 2.35. The predicted molar refractivity (Wildman–Crippen MR) is 104 cm³/mol. The molecule has 11 heteroatoms. The molecule has 2 aromatic rings. The summed E-state index contributed by atoms with van der Waals surface area (Å²) < 4.78 is 58.4. The van der Waals surface area contributed by atoms with Gasteiger partial charge in [0.05, 0.1) is 32.9 Å². The lowest BCUT2D eigenvalue weighted by atomic mass is 10.2. The van der Waals surface area contributed by atoms with Crippen LogP contribution in [0.1, 0.15) is 24.2 Å². The molecule has 0 aliphatic heterocycles. The molecular weight excluding hydrogens is 451 g/mol. The quantitative estimate of drug-likeness (QED) is 0.452. The summed E-state index contributed by atoms with van der Waals surface area (Å²) in [5, 5.41) is -0.409. The van der Waals surface area contributed by atoms with Gasteiger partial charge in [0.1, 0.15) is 4.90 Å². The second kappa shape index (κ2) is 8.69. The van der Waals surface area contributed by atoms with Crippen molar-refractivity contribution in [1.29, 1.82) is 0 Å². The molecule has 0 saturated carbocycles. The molecule has 152 valence electrons. The van der Waals surface area contributed by atoms with Crippen LogP contribution in [-0.2, 0) is 24.7 Å². The molecule has 0 radical (unpaired) electrons. The Kier molecular flexibility index (Phi) is 6.97. The highest BCUT2D eigenvalue weighted by atomic mass is 35.5. The fourth-order valence-corrected chi connectivity index (χ4v) is 4.61. The average Bonchev–Trinajstić information content (AvgIpc) is 2.65. The molecule has 0 aliphatic carbocycles. The van der Waals surface area contributed by atoms with Gasteiger partial charge in [-0.05, 0) is 43.3 Å². The first kappa shape index (κ1) is 22.5. The Bertz CT molecular complexity index is 1070. The van der Waals surface area contributed by atoms with E-state index < -0.39 is 25.9 Å². The first-order valence-electron chi connectivity index (χ1n) is 7.95. The number of ether oxygens (including phenoxy) is 1. The molecule has 0 aromatic heterocycles. The van der Waals surface area contributed by atoms with Crippen LogP contribution in [0.25, 0.3) is 0 Å². The average molecular weight is 467 g/mol. The van der Waals surface area contributed by atoms with Crippen molar-refractivity contribution < 1.29 is 30.6 Å². The van der Waals surface area contributed by atoms with Gasteiger partial charge in [-0.3, -0.25) is 0 Å². The molecule has 0 heterocycles. The predicted octanol–water partition coefficient (Wildman–Crippen LogP) is 3.73. The van der Waals surface area contributed by atoms with E-state index in [0.717, 1.165) is 12.1 Å². The van der Waals surface area contributed by atoms with Gasteiger partial charge >= 0.3 is 16.1 Å². The summed E-state index contributed by atoms with van der Waals surface area (Å²) in [5.41, 5.74) is 0.0377. The number of esters is 1. The minimum Gasteiger partial charge on any atom is -0.462 e. The van der Waals surface area contributed by atoms with Gasteiger partial charge in [0, 0.05) is 0 Å². The molecule has 0 aliphatic rings. The van der Waals surface area contributed by atoms with E-state index in [1.54, 1.807) is 6.92 Å². The number of rotatable bonds is 7. The van der Waals surface area contributed by atoms with Gasteiger partial charge in [0.25, 0.3) is 0 Å². The van der Waals surface area contributed by atoms with Crippen LogP contribution >= 0.6 is 23.2 Å². The van der Waals surface area contributed by atoms with Gasteiger partial charge in [0.2, 0.25) is 0 Å². The van der Waals surface area contributed by atoms with Crippen molar-refractivity contribution in [2.24, 2.45) is 0 Å². The monoisotopic (exact) mass is 466 g/mol. The molecule has 0 N–H and O–H groups in total. The zero-order valence-corrected chi connectivity index (χ0v) is 18.0. The van der Waals surface area contributed by atoms with E-state index >= 15 is 0 Å². The summed E-state index contributed by atoms with van der Waals surface area (Å²) in [7, 11) is -7.82. The maximum Gasteiger partial charge on any atom is 0.339 e. The van der Waals surface area contributed by atoms with Crippen LogP contribution in [0.5, 0.6) is 5.75 Å². The molecule has 0 amide bonds. The van der Waals surface area contributed by atoms with Gasteiger partial charge in [-0.2, -0.15) is 8.42 Å². The molecule has 0 fully saturated rings. The lowest BCUT2D eigenvalue weighted by Gasteiger charge is -2.12. The summed E-state index contributed by atoms with van der Waals surface area (Å²) in [6.45, 7) is 3.25. The van der Waals surface area contributed by atoms with Gasteiger partial charge in [-0.15, -0.1) is 0 Å². The number of hydrogen-bond acceptors (Lipinski definition) is 7. The molecule has 7 nitrogen and oxygen atoms in total. The van der Waals surface area contributed by atoms with Crippen LogP contribution < -0.4 is 4.18 Å². The highest BCUT2D eigenvalue weighted by molar-refractivity contribution is 7.91. The van der Waals surface area contributed by atoms with Crippen molar-refractivity contribution in [3.8, 4) is 5.75 Å². The van der Waals surface area contributed by atoms with Crippen LogP contribution in [-0.4, -0.2) is 35.2 Å². The van der Waals surface area contributed by atoms with Crippen LogP contribution in [0, 0.1) is 0 Å². The first-order chi connectivity index (χ1) is 13.0. The minimum atomic E-state index is -4.35. The van der Waals surface area contributed by atoms with Crippen molar-refractivity contribution in [1.82, 2.24) is 0 Å². The summed E-state index contributed by atoms with van der Waals surface area (Å²) in [6.07, 6.45) is 0. The summed E-state index contributed by atoms with van der Waals surface area (Å²) in [4.78, 5) is 11.5. The smallest absolute Gasteiger partial charge is 0.339 e. The molecule has 0 spiro atoms. The number of hydrogen-bond donors (Lipinski definition) is 0. The lowest BCUT2D eigenvalue weighted by Crippen LogP contribution is -2.12. The van der Waals surface area contributed by atoms with Crippen LogP contribution in [0.3, 0.4) is 0 Å². The van der Waals surface area contributed by atoms with E-state index in [0.29, 0.717) is 0 Å². The second-order valence-corrected chi connectivity index (χ2v) is 10.0. The zero-order valence-electron chi connectivity index (χ0n) is 14.8. The highest BCUT2D eigenvalue weighted by Gasteiger charge is 2.23. The van der Waals surface area contributed by atoms with Crippen molar-refractivity contribution in [2.75, 3.05) is 12.4 Å². The molecule has 2 aromatic carbocycles. The third-order valence-electron chi connectivity index (χ3n) is 3.55. The SMILES string of the molecule is CCOC(=O)c1cc(Cl)c(OS(=O)(=O)c2ccc(S(=O)(=O)CC)cc2)c(Cl)c1. The van der Waals surface area contributed by atoms with E-state index in [1.165, 1.54) is 31.2 Å². The molecule has 0 atom stereocenters. The number of carbonyl (C=O) groups is 1. The van der Waals surface area contributed by atoms with Crippen molar-refractivity contribution >= 4 is 49.1 Å². The van der Waals surface area contributed by atoms with E-state index in [9.17, 15) is 21.6 Å². The Morgan fingerprint density at radius 3 is 1.89 bits per heavy atom.